The molecular formula is C42H30Si. The highest BCUT2D eigenvalue weighted by atomic mass is 28.3. The summed E-state index contributed by atoms with van der Waals surface area (Å²) in [6.45, 7) is 0. The van der Waals surface area contributed by atoms with Crippen molar-refractivity contribution >= 4 is 61.1 Å². The van der Waals surface area contributed by atoms with Crippen molar-refractivity contribution in [2.75, 3.05) is 0 Å². The average Bonchev–Trinajstić information content (AvgIpc) is 3.09. The number of fused-ring (bicyclic) bond motifs is 3. The lowest BCUT2D eigenvalue weighted by atomic mass is 9.91. The minimum absolute atomic E-state index is 1.25. The summed E-state index contributed by atoms with van der Waals surface area (Å²) in [6.07, 6.45) is 0. The van der Waals surface area contributed by atoms with Crippen molar-refractivity contribution in [1.82, 2.24) is 0 Å². The van der Waals surface area contributed by atoms with E-state index in [0.29, 0.717) is 0 Å². The molecule has 0 nitrogen and oxygen atoms in total. The molecule has 0 N–H and O–H groups in total. The molecule has 0 amide bonds. The Balaban J connectivity index is 1.60. The predicted molar refractivity (Wildman–Crippen MR) is 188 cm³/mol. The molecule has 8 aromatic rings. The standard InChI is InChI=1S/C42H30Si/c1-4-18-34(19-5-1)43(35-20-6-2-7-21-35,36-22-8-3-9-23-36)42-39-26-14-12-24-37(39)41(38-25-13-15-27-40(38)42)33-29-28-31-16-10-11-17-32(31)30-33/h1-30H. The number of hydrogen-bond donors (Lipinski definition) is 0. The smallest absolute Gasteiger partial charge is 0.0623 e. The average molecular weight is 563 g/mol. The first-order valence-corrected chi connectivity index (χ1v) is 17.0. The van der Waals surface area contributed by atoms with Crippen molar-refractivity contribution in [2.45, 2.75) is 0 Å². The molecule has 0 aliphatic heterocycles. The zero-order valence-corrected chi connectivity index (χ0v) is 24.8. The second kappa shape index (κ2) is 10.5. The Labute approximate surface area is 253 Å². The minimum Gasteiger partial charge on any atom is -0.0623 e. The first-order valence-electron chi connectivity index (χ1n) is 15.0. The molecule has 202 valence electrons. The zero-order valence-electron chi connectivity index (χ0n) is 23.8. The van der Waals surface area contributed by atoms with Gasteiger partial charge in [-0.05, 0) is 70.3 Å². The van der Waals surface area contributed by atoms with Crippen LogP contribution < -0.4 is 20.7 Å². The van der Waals surface area contributed by atoms with Crippen LogP contribution in [-0.4, -0.2) is 8.07 Å². The summed E-state index contributed by atoms with van der Waals surface area (Å²) in [4.78, 5) is 0. The molecule has 0 fully saturated rings. The van der Waals surface area contributed by atoms with E-state index >= 15 is 0 Å². The summed E-state index contributed by atoms with van der Waals surface area (Å²) in [5.74, 6) is 0. The monoisotopic (exact) mass is 562 g/mol. The first kappa shape index (κ1) is 25.5. The van der Waals surface area contributed by atoms with E-state index in [2.05, 4.69) is 182 Å². The maximum atomic E-state index is 2.36. The van der Waals surface area contributed by atoms with Crippen LogP contribution in [0.2, 0.25) is 0 Å². The number of benzene rings is 8. The maximum Gasteiger partial charge on any atom is 0.180 e. The van der Waals surface area contributed by atoms with E-state index < -0.39 is 8.07 Å². The molecule has 0 bridgehead atoms. The van der Waals surface area contributed by atoms with Gasteiger partial charge in [0.15, 0.2) is 8.07 Å². The molecule has 0 heterocycles. The fourth-order valence-corrected chi connectivity index (χ4v) is 12.4. The molecule has 0 aromatic heterocycles. The summed E-state index contributed by atoms with van der Waals surface area (Å²) in [5.41, 5.74) is 2.56. The third-order valence-corrected chi connectivity index (χ3v) is 13.9. The first-order chi connectivity index (χ1) is 21.4. The highest BCUT2D eigenvalue weighted by molar-refractivity contribution is 7.21. The predicted octanol–water partition coefficient (Wildman–Crippen LogP) is 8.19. The fraction of sp³-hybridized carbons (Fsp3) is 0. The highest BCUT2D eigenvalue weighted by Crippen LogP contribution is 2.38. The minimum atomic E-state index is -2.80. The van der Waals surface area contributed by atoms with E-state index in [9.17, 15) is 0 Å². The van der Waals surface area contributed by atoms with Crippen molar-refractivity contribution < 1.29 is 0 Å². The van der Waals surface area contributed by atoms with Crippen molar-refractivity contribution in [3.63, 3.8) is 0 Å². The molecule has 0 saturated heterocycles. The van der Waals surface area contributed by atoms with Crippen molar-refractivity contribution in [1.29, 1.82) is 0 Å². The third-order valence-electron chi connectivity index (χ3n) is 8.97. The van der Waals surface area contributed by atoms with Crippen LogP contribution in [0.5, 0.6) is 0 Å². The quantitative estimate of drug-likeness (QED) is 0.113. The third kappa shape index (κ3) is 4.05. The molecule has 8 rings (SSSR count). The van der Waals surface area contributed by atoms with Crippen LogP contribution >= 0.6 is 0 Å². The van der Waals surface area contributed by atoms with Crippen LogP contribution in [0.1, 0.15) is 0 Å². The van der Waals surface area contributed by atoms with Gasteiger partial charge in [0.1, 0.15) is 0 Å². The van der Waals surface area contributed by atoms with Gasteiger partial charge in [-0.25, -0.2) is 0 Å². The lowest BCUT2D eigenvalue weighted by Gasteiger charge is -2.37. The molecule has 0 spiro atoms. The van der Waals surface area contributed by atoms with E-state index in [1.165, 1.54) is 64.2 Å². The molecule has 0 unspecified atom stereocenters. The molecular weight excluding hydrogens is 533 g/mol. The summed E-state index contributed by atoms with van der Waals surface area (Å²) in [7, 11) is -2.80. The van der Waals surface area contributed by atoms with Crippen molar-refractivity contribution in [2.24, 2.45) is 0 Å². The van der Waals surface area contributed by atoms with Crippen LogP contribution in [-0.2, 0) is 0 Å². The van der Waals surface area contributed by atoms with Gasteiger partial charge in [-0.15, -0.1) is 0 Å². The normalized spacial score (nSPS) is 11.7. The molecule has 1 heteroatoms. The SMILES string of the molecule is c1ccc([Si](c2ccccc2)(c2ccccc2)c2c3ccccc3c(-c3ccc4ccccc4c3)c3ccccc23)cc1. The largest absolute Gasteiger partial charge is 0.180 e. The lowest BCUT2D eigenvalue weighted by Crippen LogP contribution is -2.75. The van der Waals surface area contributed by atoms with E-state index in [4.69, 9.17) is 0 Å². The second-order valence-corrected chi connectivity index (χ2v) is 15.0. The van der Waals surface area contributed by atoms with Gasteiger partial charge in [-0.1, -0.05) is 176 Å². The Hall–Kier alpha value is -5.24. The topological polar surface area (TPSA) is 0 Å². The molecule has 0 aliphatic rings. The van der Waals surface area contributed by atoms with Crippen LogP contribution in [0.25, 0.3) is 43.4 Å². The zero-order chi connectivity index (χ0) is 28.6. The van der Waals surface area contributed by atoms with Gasteiger partial charge in [-0.2, -0.15) is 0 Å². The number of rotatable bonds is 5. The van der Waals surface area contributed by atoms with Gasteiger partial charge in [0.25, 0.3) is 0 Å². The lowest BCUT2D eigenvalue weighted by molar-refractivity contribution is 1.67. The van der Waals surface area contributed by atoms with Crippen LogP contribution in [0, 0.1) is 0 Å². The Morgan fingerprint density at radius 1 is 0.302 bits per heavy atom. The van der Waals surface area contributed by atoms with Gasteiger partial charge in [0.2, 0.25) is 0 Å². The van der Waals surface area contributed by atoms with Gasteiger partial charge in [0, 0.05) is 0 Å². The van der Waals surface area contributed by atoms with Gasteiger partial charge < -0.3 is 0 Å². The van der Waals surface area contributed by atoms with E-state index in [0.717, 1.165) is 0 Å². The van der Waals surface area contributed by atoms with Crippen LogP contribution in [0.4, 0.5) is 0 Å². The summed E-state index contributed by atoms with van der Waals surface area (Å²) < 4.78 is 0. The Kier molecular flexibility index (Phi) is 6.25. The van der Waals surface area contributed by atoms with Crippen LogP contribution in [0.15, 0.2) is 182 Å². The van der Waals surface area contributed by atoms with Gasteiger partial charge in [0.05, 0.1) is 0 Å². The van der Waals surface area contributed by atoms with E-state index in [1.807, 2.05) is 0 Å². The number of hydrogen-bond acceptors (Lipinski definition) is 0. The van der Waals surface area contributed by atoms with Gasteiger partial charge >= 0.3 is 0 Å². The molecule has 0 atom stereocenters. The molecule has 0 radical (unpaired) electrons. The van der Waals surface area contributed by atoms with E-state index in [-0.39, 0.29) is 0 Å². The summed E-state index contributed by atoms with van der Waals surface area (Å²) >= 11 is 0. The Bertz CT molecular complexity index is 2060. The van der Waals surface area contributed by atoms with Crippen LogP contribution in [0.3, 0.4) is 0 Å². The summed E-state index contributed by atoms with van der Waals surface area (Å²) in [6, 6.07) is 67.5. The fourth-order valence-electron chi connectivity index (χ4n) is 7.19. The Morgan fingerprint density at radius 2 is 0.698 bits per heavy atom. The summed E-state index contributed by atoms with van der Waals surface area (Å²) in [5, 5.41) is 13.4. The molecule has 0 aliphatic carbocycles. The van der Waals surface area contributed by atoms with Gasteiger partial charge in [-0.3, -0.25) is 0 Å². The maximum absolute atomic E-state index is 2.80. The molecule has 8 aromatic carbocycles. The second-order valence-electron chi connectivity index (χ2n) is 11.3. The van der Waals surface area contributed by atoms with Crippen molar-refractivity contribution in [3.05, 3.63) is 182 Å². The Morgan fingerprint density at radius 3 is 1.19 bits per heavy atom. The molecule has 0 saturated carbocycles. The van der Waals surface area contributed by atoms with Crippen molar-refractivity contribution in [3.8, 4) is 11.1 Å². The molecule has 43 heavy (non-hydrogen) atoms. The highest BCUT2D eigenvalue weighted by Gasteiger charge is 2.43. The van der Waals surface area contributed by atoms with E-state index in [1.54, 1.807) is 0 Å².